The number of benzene rings is 5. The first kappa shape index (κ1) is 23.0. The van der Waals surface area contributed by atoms with Gasteiger partial charge in [0.15, 0.2) is 0 Å². The molecule has 5 heterocycles. The lowest BCUT2D eigenvalue weighted by molar-refractivity contribution is 1.01. The van der Waals surface area contributed by atoms with Crippen LogP contribution in [0, 0.1) is 0 Å². The van der Waals surface area contributed by atoms with Crippen molar-refractivity contribution < 1.29 is 0 Å². The smallest absolute Gasteiger partial charge is 0.235 e. The summed E-state index contributed by atoms with van der Waals surface area (Å²) in [5.41, 5.74) is 8.20. The van der Waals surface area contributed by atoms with Crippen LogP contribution in [0.4, 0.5) is 0 Å². The molecule has 10 aromatic rings. The van der Waals surface area contributed by atoms with Gasteiger partial charge in [0.1, 0.15) is 5.65 Å². The Morgan fingerprint density at radius 2 is 1.37 bits per heavy atom. The molecule has 5 aromatic carbocycles. The van der Waals surface area contributed by atoms with E-state index in [2.05, 4.69) is 118 Å². The first-order valence-electron chi connectivity index (χ1n) is 14.3. The van der Waals surface area contributed by atoms with Crippen molar-refractivity contribution in [3.63, 3.8) is 0 Å². The van der Waals surface area contributed by atoms with E-state index in [0.29, 0.717) is 5.95 Å². The van der Waals surface area contributed by atoms with Crippen molar-refractivity contribution in [2.75, 3.05) is 0 Å². The molecule has 200 valence electrons. The first-order valence-corrected chi connectivity index (χ1v) is 15.1. The highest BCUT2D eigenvalue weighted by Crippen LogP contribution is 2.41. The largest absolute Gasteiger partial charge is 0.291 e. The van der Waals surface area contributed by atoms with E-state index < -0.39 is 0 Å². The second-order valence-corrected chi connectivity index (χ2v) is 11.9. The highest BCUT2D eigenvalue weighted by molar-refractivity contribution is 7.26. The monoisotopic (exact) mass is 567 g/mol. The molecule has 5 nitrogen and oxygen atoms in total. The lowest BCUT2D eigenvalue weighted by Crippen LogP contribution is -2.04. The fourth-order valence-corrected chi connectivity index (χ4v) is 7.91. The Kier molecular flexibility index (Phi) is 4.54. The summed E-state index contributed by atoms with van der Waals surface area (Å²) >= 11 is 1.75. The van der Waals surface area contributed by atoms with Crippen LogP contribution < -0.4 is 0 Å². The van der Waals surface area contributed by atoms with Gasteiger partial charge in [0.25, 0.3) is 0 Å². The number of fused-ring (bicyclic) bond motifs is 8. The van der Waals surface area contributed by atoms with Gasteiger partial charge >= 0.3 is 0 Å². The van der Waals surface area contributed by atoms with E-state index in [0.717, 1.165) is 70.7 Å². The second kappa shape index (κ2) is 8.47. The van der Waals surface area contributed by atoms with Crippen LogP contribution in [-0.2, 0) is 0 Å². The van der Waals surface area contributed by atoms with E-state index in [9.17, 15) is 0 Å². The van der Waals surface area contributed by atoms with Gasteiger partial charge in [-0.2, -0.15) is 0 Å². The molecule has 0 N–H and O–H groups in total. The molecule has 0 unspecified atom stereocenters. The topological polar surface area (TPSA) is 48.0 Å². The van der Waals surface area contributed by atoms with Gasteiger partial charge in [-0.3, -0.25) is 8.97 Å². The zero-order valence-corrected chi connectivity index (χ0v) is 23.6. The van der Waals surface area contributed by atoms with Crippen LogP contribution in [0.2, 0.25) is 0 Å². The maximum Gasteiger partial charge on any atom is 0.235 e. The van der Waals surface area contributed by atoms with Crippen molar-refractivity contribution >= 4 is 80.9 Å². The normalized spacial score (nSPS) is 12.2. The van der Waals surface area contributed by atoms with Gasteiger partial charge in [-0.25, -0.2) is 15.0 Å². The minimum absolute atomic E-state index is 0.648. The highest BCUT2D eigenvalue weighted by Gasteiger charge is 2.22. The molecule has 0 amide bonds. The van der Waals surface area contributed by atoms with Crippen LogP contribution in [0.5, 0.6) is 0 Å². The third-order valence-corrected chi connectivity index (χ3v) is 9.73. The molecule has 0 saturated heterocycles. The lowest BCUT2D eigenvalue weighted by atomic mass is 10.1. The molecule has 0 spiro atoms. The molecule has 0 fully saturated rings. The van der Waals surface area contributed by atoms with Gasteiger partial charge in [0, 0.05) is 38.0 Å². The molecule has 0 aliphatic carbocycles. The minimum Gasteiger partial charge on any atom is -0.291 e. The van der Waals surface area contributed by atoms with E-state index in [-0.39, 0.29) is 0 Å². The standard InChI is InChI=1S/C37H21N5S/c1-2-10-23(11-3-1)32-35-33(26-13-4-7-18-30(26)43-35)40-37(39-32)41-27-15-5-6-16-28(27)42-34-24(25-14-9-21-38-36(25)42)20-19-22-12-8-17-29(41)31(22)34/h1-21H. The number of nitrogens with zero attached hydrogens (tertiary/aromatic N) is 5. The average molecular weight is 568 g/mol. The molecule has 0 aliphatic heterocycles. The molecule has 0 aliphatic rings. The zero-order chi connectivity index (χ0) is 28.1. The summed E-state index contributed by atoms with van der Waals surface area (Å²) in [6, 6.07) is 42.7. The summed E-state index contributed by atoms with van der Waals surface area (Å²) in [6.07, 6.45) is 1.88. The second-order valence-electron chi connectivity index (χ2n) is 10.9. The minimum atomic E-state index is 0.648. The summed E-state index contributed by atoms with van der Waals surface area (Å²) in [7, 11) is 0. The fraction of sp³-hybridized carbons (Fsp3) is 0. The Bertz CT molecular complexity index is 2720. The predicted molar refractivity (Wildman–Crippen MR) is 178 cm³/mol. The van der Waals surface area contributed by atoms with Crippen LogP contribution >= 0.6 is 11.3 Å². The van der Waals surface area contributed by atoms with Gasteiger partial charge in [-0.05, 0) is 41.8 Å². The van der Waals surface area contributed by atoms with E-state index in [1.807, 2.05) is 18.3 Å². The van der Waals surface area contributed by atoms with Crippen molar-refractivity contribution in [1.29, 1.82) is 0 Å². The molecule has 0 saturated carbocycles. The third kappa shape index (κ3) is 3.07. The first-order chi connectivity index (χ1) is 21.3. The van der Waals surface area contributed by atoms with E-state index >= 15 is 0 Å². The number of thiophene rings is 1. The van der Waals surface area contributed by atoms with E-state index in [1.165, 1.54) is 10.1 Å². The van der Waals surface area contributed by atoms with Gasteiger partial charge in [0.05, 0.1) is 38.0 Å². The number of hydrogen-bond donors (Lipinski definition) is 0. The van der Waals surface area contributed by atoms with E-state index in [1.54, 1.807) is 11.3 Å². The van der Waals surface area contributed by atoms with Crippen molar-refractivity contribution in [3.05, 3.63) is 128 Å². The molecule has 5 aromatic heterocycles. The maximum atomic E-state index is 5.39. The number of para-hydroxylation sites is 2. The lowest BCUT2D eigenvalue weighted by Gasteiger charge is -2.13. The summed E-state index contributed by atoms with van der Waals surface area (Å²) in [5, 5.41) is 5.80. The summed E-state index contributed by atoms with van der Waals surface area (Å²) in [6.45, 7) is 0. The molecule has 10 rings (SSSR count). The summed E-state index contributed by atoms with van der Waals surface area (Å²) in [5.74, 6) is 0.648. The predicted octanol–water partition coefficient (Wildman–Crippen LogP) is 9.56. The Morgan fingerprint density at radius 1 is 0.581 bits per heavy atom. The fourth-order valence-electron chi connectivity index (χ4n) is 6.76. The van der Waals surface area contributed by atoms with Crippen LogP contribution in [0.25, 0.3) is 86.8 Å². The van der Waals surface area contributed by atoms with Gasteiger partial charge < -0.3 is 0 Å². The highest BCUT2D eigenvalue weighted by atomic mass is 32.1. The zero-order valence-electron chi connectivity index (χ0n) is 22.8. The van der Waals surface area contributed by atoms with Crippen LogP contribution in [-0.4, -0.2) is 23.9 Å². The Labute approximate surface area is 248 Å². The Morgan fingerprint density at radius 3 is 2.30 bits per heavy atom. The maximum absolute atomic E-state index is 5.39. The Hall–Kier alpha value is -5.59. The quantitative estimate of drug-likeness (QED) is 0.209. The summed E-state index contributed by atoms with van der Waals surface area (Å²) in [4.78, 5) is 15.7. The molecule has 6 heteroatoms. The number of hydrogen-bond acceptors (Lipinski definition) is 4. The number of pyridine rings is 1. The van der Waals surface area contributed by atoms with Crippen molar-refractivity contribution in [3.8, 4) is 17.2 Å². The molecular formula is C37H21N5S. The molecule has 0 atom stereocenters. The average Bonchev–Trinajstić information content (AvgIpc) is 3.57. The van der Waals surface area contributed by atoms with Crippen molar-refractivity contribution in [1.82, 2.24) is 23.9 Å². The van der Waals surface area contributed by atoms with Crippen molar-refractivity contribution in [2.24, 2.45) is 0 Å². The van der Waals surface area contributed by atoms with Gasteiger partial charge in [0.2, 0.25) is 5.95 Å². The van der Waals surface area contributed by atoms with Crippen LogP contribution in [0.1, 0.15) is 0 Å². The Balaban J connectivity index is 1.48. The molecule has 43 heavy (non-hydrogen) atoms. The van der Waals surface area contributed by atoms with Gasteiger partial charge in [-0.1, -0.05) is 84.9 Å². The third-order valence-electron chi connectivity index (χ3n) is 8.57. The number of aromatic nitrogens is 5. The number of rotatable bonds is 2. The van der Waals surface area contributed by atoms with E-state index in [4.69, 9.17) is 15.0 Å². The van der Waals surface area contributed by atoms with Gasteiger partial charge in [-0.15, -0.1) is 11.3 Å². The van der Waals surface area contributed by atoms with Crippen molar-refractivity contribution in [2.45, 2.75) is 0 Å². The molecule has 0 bridgehead atoms. The molecular weight excluding hydrogens is 547 g/mol. The van der Waals surface area contributed by atoms with Crippen LogP contribution in [0.15, 0.2) is 128 Å². The molecule has 0 radical (unpaired) electrons. The van der Waals surface area contributed by atoms with Crippen LogP contribution in [0.3, 0.4) is 0 Å². The summed E-state index contributed by atoms with van der Waals surface area (Å²) < 4.78 is 6.87. The SMILES string of the molecule is c1ccc(-c2nc(-n3c4cccc5ccc6c7cccnc7n(c7ccccc73)c6c54)nc3c2sc2ccccc23)cc1.